The van der Waals surface area contributed by atoms with E-state index >= 15 is 0 Å². The number of unbranched alkanes of at least 4 members (excludes halogenated alkanes) is 2. The van der Waals surface area contributed by atoms with Crippen molar-refractivity contribution >= 4 is 23.4 Å². The van der Waals surface area contributed by atoms with E-state index in [9.17, 15) is 14.9 Å². The van der Waals surface area contributed by atoms with Gasteiger partial charge >= 0.3 is 6.09 Å². The van der Waals surface area contributed by atoms with E-state index in [2.05, 4.69) is 27.7 Å². The summed E-state index contributed by atoms with van der Waals surface area (Å²) in [4.78, 5) is 25.7. The number of nitro benzene ring substituents is 1. The lowest BCUT2D eigenvalue weighted by Gasteiger charge is -2.30. The average Bonchev–Trinajstić information content (AvgIpc) is 2.76. The number of hydrogen-bond acceptors (Lipinski definition) is 4. The number of carbonyl (C=O) groups is 1. The summed E-state index contributed by atoms with van der Waals surface area (Å²) in [6.07, 6.45) is 8.36. The largest absolute Gasteiger partial charge is 0.444 e. The van der Waals surface area contributed by atoms with Crippen LogP contribution in [0.2, 0.25) is 5.02 Å². The van der Waals surface area contributed by atoms with Crippen LogP contribution < -0.4 is 0 Å². The molecule has 0 saturated heterocycles. The number of nitro groups is 1. The molecule has 176 valence electrons. The van der Waals surface area contributed by atoms with Crippen LogP contribution in [0, 0.1) is 22.0 Å². The Morgan fingerprint density at radius 3 is 2.06 bits per heavy atom. The van der Waals surface area contributed by atoms with Crippen molar-refractivity contribution in [1.82, 2.24) is 4.90 Å². The minimum Gasteiger partial charge on any atom is -0.444 e. The van der Waals surface area contributed by atoms with Gasteiger partial charge in [0, 0.05) is 24.2 Å². The number of carbonyl (C=O) groups excluding carboxylic acids is 1. The molecular weight excluding hydrogens is 416 g/mol. The van der Waals surface area contributed by atoms with Crippen molar-refractivity contribution in [3.63, 3.8) is 0 Å². The van der Waals surface area contributed by atoms with Crippen molar-refractivity contribution in [3.8, 4) is 0 Å². The van der Waals surface area contributed by atoms with E-state index in [-0.39, 0.29) is 17.3 Å². The molecule has 0 N–H and O–H groups in total. The Hall–Kier alpha value is -1.82. The molecule has 0 aliphatic carbocycles. The first-order valence-electron chi connectivity index (χ1n) is 11.7. The normalized spacial score (nSPS) is 12.9. The Morgan fingerprint density at radius 2 is 1.61 bits per heavy atom. The Kier molecular flexibility index (Phi) is 13.2. The summed E-state index contributed by atoms with van der Waals surface area (Å²) >= 11 is 5.88. The predicted molar refractivity (Wildman–Crippen MR) is 126 cm³/mol. The van der Waals surface area contributed by atoms with E-state index in [0.717, 1.165) is 51.4 Å². The zero-order chi connectivity index (χ0) is 23.2. The standard InChI is InChI=1S/C24H39ClN2O4/c1-5-9-11-19(7-3)16-26(17-20(8-4)12-10-6-2)24(28)31-18-21-13-14-22(25)15-23(21)27(29)30/h13-15,19-20H,5-12,16-18H2,1-4H3. The summed E-state index contributed by atoms with van der Waals surface area (Å²) in [5.41, 5.74) is 0.217. The fourth-order valence-corrected chi connectivity index (χ4v) is 3.91. The van der Waals surface area contributed by atoms with Crippen LogP contribution in [0.1, 0.15) is 84.6 Å². The molecular formula is C24H39ClN2O4. The molecule has 0 heterocycles. The highest BCUT2D eigenvalue weighted by atomic mass is 35.5. The molecule has 1 rings (SSSR count). The summed E-state index contributed by atoms with van der Waals surface area (Å²) in [5, 5.41) is 11.6. The molecule has 2 atom stereocenters. The lowest BCUT2D eigenvalue weighted by atomic mass is 9.96. The highest BCUT2D eigenvalue weighted by Crippen LogP contribution is 2.25. The van der Waals surface area contributed by atoms with E-state index in [1.54, 1.807) is 12.1 Å². The molecule has 1 aromatic rings. The maximum atomic E-state index is 13.0. The predicted octanol–water partition coefficient (Wildman–Crippen LogP) is 7.62. The lowest BCUT2D eigenvalue weighted by Crippen LogP contribution is -2.39. The van der Waals surface area contributed by atoms with Crippen LogP contribution in [-0.4, -0.2) is 29.0 Å². The maximum absolute atomic E-state index is 13.0. The van der Waals surface area contributed by atoms with E-state index in [4.69, 9.17) is 16.3 Å². The topological polar surface area (TPSA) is 72.7 Å². The molecule has 0 saturated carbocycles. The third kappa shape index (κ3) is 9.90. The van der Waals surface area contributed by atoms with Gasteiger partial charge in [0.15, 0.2) is 0 Å². The molecule has 0 radical (unpaired) electrons. The van der Waals surface area contributed by atoms with Crippen LogP contribution >= 0.6 is 11.6 Å². The number of nitrogens with zero attached hydrogens (tertiary/aromatic N) is 2. The van der Waals surface area contributed by atoms with Gasteiger partial charge in [-0.1, -0.05) is 77.8 Å². The molecule has 1 aromatic carbocycles. The minimum atomic E-state index is -0.497. The Labute approximate surface area is 192 Å². The van der Waals surface area contributed by atoms with Gasteiger partial charge in [0.25, 0.3) is 5.69 Å². The summed E-state index contributed by atoms with van der Waals surface area (Å²) < 4.78 is 5.56. The van der Waals surface area contributed by atoms with Crippen molar-refractivity contribution in [2.45, 2.75) is 85.7 Å². The van der Waals surface area contributed by atoms with E-state index in [1.807, 2.05) is 4.90 Å². The van der Waals surface area contributed by atoms with Crippen LogP contribution in [-0.2, 0) is 11.3 Å². The van der Waals surface area contributed by atoms with Crippen molar-refractivity contribution < 1.29 is 14.5 Å². The smallest absolute Gasteiger partial charge is 0.410 e. The minimum absolute atomic E-state index is 0.129. The van der Waals surface area contributed by atoms with Gasteiger partial charge in [-0.15, -0.1) is 0 Å². The third-order valence-electron chi connectivity index (χ3n) is 5.90. The second-order valence-electron chi connectivity index (χ2n) is 8.32. The average molecular weight is 455 g/mol. The molecule has 0 fully saturated rings. The van der Waals surface area contributed by atoms with Crippen LogP contribution in [0.3, 0.4) is 0 Å². The molecule has 2 unspecified atom stereocenters. The van der Waals surface area contributed by atoms with Gasteiger partial charge < -0.3 is 9.64 Å². The molecule has 6 nitrogen and oxygen atoms in total. The molecule has 1 amide bonds. The fraction of sp³-hybridized carbons (Fsp3) is 0.708. The third-order valence-corrected chi connectivity index (χ3v) is 6.13. The Bertz CT molecular complexity index is 666. The molecule has 31 heavy (non-hydrogen) atoms. The molecule has 7 heteroatoms. The van der Waals surface area contributed by atoms with E-state index < -0.39 is 11.0 Å². The van der Waals surface area contributed by atoms with Crippen LogP contribution in [0.25, 0.3) is 0 Å². The van der Waals surface area contributed by atoms with E-state index in [0.29, 0.717) is 30.5 Å². The van der Waals surface area contributed by atoms with Gasteiger partial charge in [-0.3, -0.25) is 10.1 Å². The lowest BCUT2D eigenvalue weighted by molar-refractivity contribution is -0.385. The first-order valence-corrected chi connectivity index (χ1v) is 12.1. The molecule has 0 bridgehead atoms. The summed E-state index contributed by atoms with van der Waals surface area (Å²) in [6.45, 7) is 9.87. The first-order chi connectivity index (χ1) is 14.9. The van der Waals surface area contributed by atoms with Crippen molar-refractivity contribution in [2.24, 2.45) is 11.8 Å². The molecule has 0 aliphatic heterocycles. The van der Waals surface area contributed by atoms with Gasteiger partial charge in [-0.2, -0.15) is 0 Å². The molecule has 0 aliphatic rings. The van der Waals surface area contributed by atoms with Crippen molar-refractivity contribution in [3.05, 3.63) is 38.9 Å². The fourth-order valence-electron chi connectivity index (χ4n) is 3.74. The van der Waals surface area contributed by atoms with Gasteiger partial charge in [-0.25, -0.2) is 4.79 Å². The molecule has 0 aromatic heterocycles. The summed E-state index contributed by atoms with van der Waals surface area (Å²) in [5.74, 6) is 0.863. The number of hydrogen-bond donors (Lipinski definition) is 0. The zero-order valence-corrected chi connectivity index (χ0v) is 20.3. The maximum Gasteiger partial charge on any atom is 0.410 e. The van der Waals surface area contributed by atoms with E-state index in [1.165, 1.54) is 6.07 Å². The number of halogens is 1. The number of rotatable bonds is 15. The van der Waals surface area contributed by atoms with Gasteiger partial charge in [0.05, 0.1) is 10.5 Å². The van der Waals surface area contributed by atoms with Crippen LogP contribution in [0.15, 0.2) is 18.2 Å². The number of benzene rings is 1. The first kappa shape index (κ1) is 27.2. The Morgan fingerprint density at radius 1 is 1.06 bits per heavy atom. The Balaban J connectivity index is 2.92. The van der Waals surface area contributed by atoms with Gasteiger partial charge in [0.1, 0.15) is 6.61 Å². The van der Waals surface area contributed by atoms with Crippen molar-refractivity contribution in [2.75, 3.05) is 13.1 Å². The van der Waals surface area contributed by atoms with Gasteiger partial charge in [-0.05, 0) is 36.8 Å². The monoisotopic (exact) mass is 454 g/mol. The van der Waals surface area contributed by atoms with Gasteiger partial charge in [0.2, 0.25) is 0 Å². The summed E-state index contributed by atoms with van der Waals surface area (Å²) in [7, 11) is 0. The highest BCUT2D eigenvalue weighted by Gasteiger charge is 2.24. The zero-order valence-electron chi connectivity index (χ0n) is 19.6. The second-order valence-corrected chi connectivity index (χ2v) is 8.76. The highest BCUT2D eigenvalue weighted by molar-refractivity contribution is 6.30. The quantitative estimate of drug-likeness (QED) is 0.202. The number of ether oxygens (including phenoxy) is 1. The summed E-state index contributed by atoms with van der Waals surface area (Å²) in [6, 6.07) is 4.41. The SMILES string of the molecule is CCCCC(CC)CN(CC(CC)CCCC)C(=O)OCc1ccc(Cl)cc1[N+](=O)[O-]. The number of amides is 1. The van der Waals surface area contributed by atoms with Crippen LogP contribution in [0.5, 0.6) is 0 Å². The second kappa shape index (κ2) is 15.1. The molecule has 0 spiro atoms. The van der Waals surface area contributed by atoms with Crippen molar-refractivity contribution in [1.29, 1.82) is 0 Å². The van der Waals surface area contributed by atoms with Crippen LogP contribution in [0.4, 0.5) is 10.5 Å².